The van der Waals surface area contributed by atoms with Crippen molar-refractivity contribution in [3.8, 4) is 5.75 Å². The monoisotopic (exact) mass is 324 g/mol. The van der Waals surface area contributed by atoms with Gasteiger partial charge in [-0.15, -0.1) is 0 Å². The largest absolute Gasteiger partial charge is 0.484 e. The minimum Gasteiger partial charge on any atom is -0.484 e. The Hall–Kier alpha value is -2.82. The van der Waals surface area contributed by atoms with Crippen LogP contribution in [0.1, 0.15) is 29.2 Å². The number of primary amides is 1. The standard InChI is InChI=1S/C19H20N2O3/c20-19(23)18(14-5-2-1-3-6-14)21-17(22)12-24-16-10-9-13-7-4-8-15(13)11-16/h1-3,5-6,9-11,18H,4,7-8,12H2,(H2,20,23)(H,21,22)/t18-/m1/s1. The van der Waals surface area contributed by atoms with E-state index in [-0.39, 0.29) is 12.5 Å². The quantitative estimate of drug-likeness (QED) is 0.851. The summed E-state index contributed by atoms with van der Waals surface area (Å²) in [7, 11) is 0. The highest BCUT2D eigenvalue weighted by Gasteiger charge is 2.20. The number of rotatable bonds is 6. The Labute approximate surface area is 140 Å². The summed E-state index contributed by atoms with van der Waals surface area (Å²) in [4.78, 5) is 23.7. The van der Waals surface area contributed by atoms with Crippen LogP contribution in [0.4, 0.5) is 0 Å². The van der Waals surface area contributed by atoms with Gasteiger partial charge in [-0.05, 0) is 48.1 Å². The summed E-state index contributed by atoms with van der Waals surface area (Å²) in [5, 5.41) is 2.62. The molecule has 1 aliphatic rings. The summed E-state index contributed by atoms with van der Waals surface area (Å²) >= 11 is 0. The van der Waals surface area contributed by atoms with Crippen LogP contribution in [0, 0.1) is 0 Å². The summed E-state index contributed by atoms with van der Waals surface area (Å²) in [6, 6.07) is 14.0. The summed E-state index contributed by atoms with van der Waals surface area (Å²) in [5.41, 5.74) is 8.68. The molecule has 0 aliphatic heterocycles. The van der Waals surface area contributed by atoms with E-state index in [4.69, 9.17) is 10.5 Å². The maximum Gasteiger partial charge on any atom is 0.258 e. The van der Waals surface area contributed by atoms with Crippen molar-refractivity contribution in [3.63, 3.8) is 0 Å². The maximum absolute atomic E-state index is 12.1. The molecule has 2 aromatic rings. The van der Waals surface area contributed by atoms with Gasteiger partial charge in [0.05, 0.1) is 0 Å². The SMILES string of the molecule is NC(=O)[C@H](NC(=O)COc1ccc2c(c1)CCC2)c1ccccc1. The summed E-state index contributed by atoms with van der Waals surface area (Å²) < 4.78 is 5.55. The number of nitrogens with one attached hydrogen (secondary N) is 1. The Balaban J connectivity index is 1.59. The molecule has 124 valence electrons. The van der Waals surface area contributed by atoms with Crippen molar-refractivity contribution in [2.24, 2.45) is 5.73 Å². The number of amides is 2. The Kier molecular flexibility index (Phi) is 4.79. The first-order valence-corrected chi connectivity index (χ1v) is 8.02. The third-order valence-electron chi connectivity index (χ3n) is 4.16. The van der Waals surface area contributed by atoms with E-state index >= 15 is 0 Å². The molecule has 5 nitrogen and oxygen atoms in total. The molecule has 0 saturated heterocycles. The number of nitrogens with two attached hydrogens (primary N) is 1. The Morgan fingerprint density at radius 2 is 1.83 bits per heavy atom. The predicted octanol–water partition coefficient (Wildman–Crippen LogP) is 1.90. The minimum absolute atomic E-state index is 0.157. The lowest BCUT2D eigenvalue weighted by molar-refractivity contribution is -0.128. The van der Waals surface area contributed by atoms with Gasteiger partial charge >= 0.3 is 0 Å². The first kappa shape index (κ1) is 16.1. The number of carbonyl (C=O) groups excluding carboxylic acids is 2. The Bertz CT molecular complexity index is 744. The molecule has 0 spiro atoms. The fraction of sp³-hybridized carbons (Fsp3) is 0.263. The number of aryl methyl sites for hydroxylation is 2. The summed E-state index contributed by atoms with van der Waals surface area (Å²) in [5.74, 6) is -0.323. The lowest BCUT2D eigenvalue weighted by Crippen LogP contribution is -2.39. The van der Waals surface area contributed by atoms with Crippen LogP contribution in [0.25, 0.3) is 0 Å². The predicted molar refractivity (Wildman–Crippen MR) is 90.5 cm³/mol. The van der Waals surface area contributed by atoms with E-state index in [2.05, 4.69) is 5.32 Å². The third kappa shape index (κ3) is 3.74. The van der Waals surface area contributed by atoms with Crippen LogP contribution in [-0.4, -0.2) is 18.4 Å². The molecule has 5 heteroatoms. The van der Waals surface area contributed by atoms with Crippen LogP contribution < -0.4 is 15.8 Å². The molecule has 0 saturated carbocycles. The molecule has 3 N–H and O–H groups in total. The van der Waals surface area contributed by atoms with Crippen LogP contribution in [0.3, 0.4) is 0 Å². The number of carbonyl (C=O) groups is 2. The Morgan fingerprint density at radius 1 is 1.08 bits per heavy atom. The molecule has 0 heterocycles. The molecule has 1 atom stereocenters. The van der Waals surface area contributed by atoms with Crippen LogP contribution in [-0.2, 0) is 22.4 Å². The number of benzene rings is 2. The van der Waals surface area contributed by atoms with Crippen molar-refractivity contribution in [3.05, 3.63) is 65.2 Å². The zero-order valence-corrected chi connectivity index (χ0v) is 13.3. The third-order valence-corrected chi connectivity index (χ3v) is 4.16. The van der Waals surface area contributed by atoms with Crippen LogP contribution >= 0.6 is 0 Å². The first-order chi connectivity index (χ1) is 11.6. The number of ether oxygens (including phenoxy) is 1. The highest BCUT2D eigenvalue weighted by Crippen LogP contribution is 2.26. The van der Waals surface area contributed by atoms with Gasteiger partial charge in [0.25, 0.3) is 5.91 Å². The van der Waals surface area contributed by atoms with Gasteiger partial charge in [-0.3, -0.25) is 9.59 Å². The maximum atomic E-state index is 12.1. The zero-order valence-electron chi connectivity index (χ0n) is 13.3. The molecular weight excluding hydrogens is 304 g/mol. The molecular formula is C19H20N2O3. The lowest BCUT2D eigenvalue weighted by atomic mass is 10.1. The molecule has 2 aromatic carbocycles. The van der Waals surface area contributed by atoms with Crippen molar-refractivity contribution >= 4 is 11.8 Å². The normalized spacial score (nSPS) is 13.8. The molecule has 0 aromatic heterocycles. The number of fused-ring (bicyclic) bond motifs is 1. The van der Waals surface area contributed by atoms with Crippen molar-refractivity contribution in [1.82, 2.24) is 5.32 Å². The van der Waals surface area contributed by atoms with Crippen LogP contribution in [0.2, 0.25) is 0 Å². The Morgan fingerprint density at radius 3 is 2.58 bits per heavy atom. The number of hydrogen-bond acceptors (Lipinski definition) is 3. The van der Waals surface area contributed by atoms with Crippen molar-refractivity contribution in [2.45, 2.75) is 25.3 Å². The highest BCUT2D eigenvalue weighted by atomic mass is 16.5. The summed E-state index contributed by atoms with van der Waals surface area (Å²) in [6.45, 7) is -0.157. The van der Waals surface area contributed by atoms with E-state index in [1.807, 2.05) is 24.3 Å². The van der Waals surface area contributed by atoms with E-state index in [1.165, 1.54) is 11.1 Å². The van der Waals surface area contributed by atoms with E-state index in [1.54, 1.807) is 24.3 Å². The van der Waals surface area contributed by atoms with Gasteiger partial charge in [0.2, 0.25) is 5.91 Å². The zero-order chi connectivity index (χ0) is 16.9. The second kappa shape index (κ2) is 7.17. The van der Waals surface area contributed by atoms with Gasteiger partial charge in [0, 0.05) is 0 Å². The van der Waals surface area contributed by atoms with E-state index in [0.29, 0.717) is 11.3 Å². The van der Waals surface area contributed by atoms with E-state index in [9.17, 15) is 9.59 Å². The summed E-state index contributed by atoms with van der Waals surface area (Å²) in [6.07, 6.45) is 3.32. The molecule has 2 amide bonds. The van der Waals surface area contributed by atoms with Gasteiger partial charge in [-0.25, -0.2) is 0 Å². The van der Waals surface area contributed by atoms with Gasteiger partial charge in [0.1, 0.15) is 11.8 Å². The van der Waals surface area contributed by atoms with Crippen molar-refractivity contribution < 1.29 is 14.3 Å². The second-order valence-corrected chi connectivity index (χ2v) is 5.89. The molecule has 0 fully saturated rings. The molecule has 0 bridgehead atoms. The number of hydrogen-bond donors (Lipinski definition) is 2. The molecule has 1 aliphatic carbocycles. The fourth-order valence-electron chi connectivity index (χ4n) is 2.95. The van der Waals surface area contributed by atoms with E-state index < -0.39 is 11.9 Å². The average Bonchev–Trinajstić information content (AvgIpc) is 3.06. The molecule has 24 heavy (non-hydrogen) atoms. The van der Waals surface area contributed by atoms with Gasteiger partial charge < -0.3 is 15.8 Å². The second-order valence-electron chi connectivity index (χ2n) is 5.89. The van der Waals surface area contributed by atoms with E-state index in [0.717, 1.165) is 19.3 Å². The smallest absolute Gasteiger partial charge is 0.258 e. The van der Waals surface area contributed by atoms with Crippen LogP contribution in [0.5, 0.6) is 5.75 Å². The minimum atomic E-state index is -0.859. The van der Waals surface area contributed by atoms with Gasteiger partial charge in [-0.2, -0.15) is 0 Å². The fourth-order valence-corrected chi connectivity index (χ4v) is 2.95. The van der Waals surface area contributed by atoms with Crippen molar-refractivity contribution in [2.75, 3.05) is 6.61 Å². The highest BCUT2D eigenvalue weighted by molar-refractivity contribution is 5.88. The van der Waals surface area contributed by atoms with Gasteiger partial charge in [-0.1, -0.05) is 36.4 Å². The lowest BCUT2D eigenvalue weighted by Gasteiger charge is -2.16. The van der Waals surface area contributed by atoms with Crippen molar-refractivity contribution in [1.29, 1.82) is 0 Å². The van der Waals surface area contributed by atoms with Crippen LogP contribution in [0.15, 0.2) is 48.5 Å². The average molecular weight is 324 g/mol. The molecule has 3 rings (SSSR count). The van der Waals surface area contributed by atoms with Gasteiger partial charge in [0.15, 0.2) is 6.61 Å². The first-order valence-electron chi connectivity index (χ1n) is 8.02. The molecule has 0 unspecified atom stereocenters. The molecule has 0 radical (unpaired) electrons. The topological polar surface area (TPSA) is 81.4 Å².